The van der Waals surface area contributed by atoms with Gasteiger partial charge in [0.2, 0.25) is 5.91 Å². The molecule has 30 heavy (non-hydrogen) atoms. The van der Waals surface area contributed by atoms with Crippen LogP contribution in [0.15, 0.2) is 48.5 Å². The van der Waals surface area contributed by atoms with E-state index in [-0.39, 0.29) is 5.91 Å². The maximum atomic E-state index is 12.6. The highest BCUT2D eigenvalue weighted by molar-refractivity contribution is 6.03. The molecule has 0 saturated heterocycles. The third-order valence-electron chi connectivity index (χ3n) is 5.54. The maximum absolute atomic E-state index is 12.6. The van der Waals surface area contributed by atoms with E-state index in [1.165, 1.54) is 11.1 Å². The fourth-order valence-corrected chi connectivity index (χ4v) is 3.70. The molecule has 156 valence electrons. The Labute approximate surface area is 179 Å². The molecular formula is C26H31N3O. The number of nitrogens with one attached hydrogen (secondary N) is 1. The van der Waals surface area contributed by atoms with Gasteiger partial charge < -0.3 is 5.32 Å². The first-order chi connectivity index (χ1) is 14.4. The molecule has 3 rings (SSSR count). The Kier molecular flexibility index (Phi) is 6.88. The summed E-state index contributed by atoms with van der Waals surface area (Å²) in [6, 6.07) is 14.7. The first-order valence-electron chi connectivity index (χ1n) is 10.6. The van der Waals surface area contributed by atoms with E-state index in [2.05, 4.69) is 73.7 Å². The zero-order valence-electron chi connectivity index (χ0n) is 18.6. The van der Waals surface area contributed by atoms with Crippen molar-refractivity contribution in [2.24, 2.45) is 0 Å². The van der Waals surface area contributed by atoms with Gasteiger partial charge in [-0.05, 0) is 56.4 Å². The zero-order valence-corrected chi connectivity index (χ0v) is 18.6. The quantitative estimate of drug-likeness (QED) is 0.521. The monoisotopic (exact) mass is 401 g/mol. The summed E-state index contributed by atoms with van der Waals surface area (Å²) in [5, 5.41) is 7.77. The molecule has 0 aliphatic carbocycles. The third kappa shape index (κ3) is 4.88. The molecule has 1 N–H and O–H groups in total. The van der Waals surface area contributed by atoms with Crippen molar-refractivity contribution >= 4 is 17.7 Å². The van der Waals surface area contributed by atoms with Crippen molar-refractivity contribution in [3.8, 4) is 0 Å². The number of anilines is 1. The van der Waals surface area contributed by atoms with E-state index in [0.29, 0.717) is 0 Å². The maximum Gasteiger partial charge on any atom is 0.248 e. The summed E-state index contributed by atoms with van der Waals surface area (Å²) in [7, 11) is 0. The molecule has 0 aliphatic rings. The molecule has 0 fully saturated rings. The average Bonchev–Trinajstić information content (AvgIpc) is 3.00. The van der Waals surface area contributed by atoms with Crippen molar-refractivity contribution in [3.05, 3.63) is 87.7 Å². The van der Waals surface area contributed by atoms with Crippen LogP contribution in [0.4, 0.5) is 5.69 Å². The molecule has 1 amide bonds. The van der Waals surface area contributed by atoms with Gasteiger partial charge in [0.15, 0.2) is 0 Å². The Balaban J connectivity index is 1.77. The standard InChI is InChI=1S/C26H31N3O/c1-6-22-9-8-10-23(7-2)26(22)27-25(30)16-15-24-19(4)28-29(20(24)5)17-21-13-11-18(3)12-14-21/h8-16H,6-7,17H2,1-5H3,(H,27,30)/b16-15+. The van der Waals surface area contributed by atoms with E-state index in [4.69, 9.17) is 0 Å². The highest BCUT2D eigenvalue weighted by atomic mass is 16.1. The fourth-order valence-electron chi connectivity index (χ4n) is 3.70. The molecule has 1 heterocycles. The summed E-state index contributed by atoms with van der Waals surface area (Å²) in [5.41, 5.74) is 8.70. The predicted octanol–water partition coefficient (Wildman–Crippen LogP) is 5.63. The summed E-state index contributed by atoms with van der Waals surface area (Å²) in [4.78, 5) is 12.6. The minimum Gasteiger partial charge on any atom is -0.322 e. The number of carbonyl (C=O) groups excluding carboxylic acids is 1. The highest BCUT2D eigenvalue weighted by Crippen LogP contribution is 2.23. The van der Waals surface area contributed by atoms with Gasteiger partial charge in [0.05, 0.1) is 12.2 Å². The van der Waals surface area contributed by atoms with Crippen LogP contribution in [0.25, 0.3) is 6.08 Å². The lowest BCUT2D eigenvalue weighted by Crippen LogP contribution is -2.11. The lowest BCUT2D eigenvalue weighted by molar-refractivity contribution is -0.111. The summed E-state index contributed by atoms with van der Waals surface area (Å²) >= 11 is 0. The Morgan fingerprint density at radius 3 is 2.23 bits per heavy atom. The van der Waals surface area contributed by atoms with E-state index in [9.17, 15) is 4.79 Å². The Bertz CT molecular complexity index is 1040. The van der Waals surface area contributed by atoms with Crippen molar-refractivity contribution in [1.82, 2.24) is 9.78 Å². The van der Waals surface area contributed by atoms with Gasteiger partial charge in [-0.15, -0.1) is 0 Å². The smallest absolute Gasteiger partial charge is 0.248 e. The lowest BCUT2D eigenvalue weighted by atomic mass is 10.0. The van der Waals surface area contributed by atoms with Crippen LogP contribution < -0.4 is 5.32 Å². The Morgan fingerprint density at radius 1 is 1.00 bits per heavy atom. The van der Waals surface area contributed by atoms with E-state index in [1.807, 2.05) is 24.6 Å². The number of aryl methyl sites for hydroxylation is 4. The van der Waals surface area contributed by atoms with Gasteiger partial charge in [-0.3, -0.25) is 9.48 Å². The number of carbonyl (C=O) groups is 1. The molecule has 4 heteroatoms. The largest absolute Gasteiger partial charge is 0.322 e. The van der Waals surface area contributed by atoms with Gasteiger partial charge in [-0.2, -0.15) is 5.10 Å². The summed E-state index contributed by atoms with van der Waals surface area (Å²) < 4.78 is 2.00. The number of hydrogen-bond acceptors (Lipinski definition) is 2. The number of nitrogens with zero attached hydrogens (tertiary/aromatic N) is 2. The number of hydrogen-bond donors (Lipinski definition) is 1. The third-order valence-corrected chi connectivity index (χ3v) is 5.54. The number of amides is 1. The van der Waals surface area contributed by atoms with Crippen LogP contribution in [0.3, 0.4) is 0 Å². The van der Waals surface area contributed by atoms with Crippen LogP contribution >= 0.6 is 0 Å². The van der Waals surface area contributed by atoms with Gasteiger partial charge in [0.1, 0.15) is 0 Å². The molecule has 0 radical (unpaired) electrons. The highest BCUT2D eigenvalue weighted by Gasteiger charge is 2.11. The molecule has 4 nitrogen and oxygen atoms in total. The van der Waals surface area contributed by atoms with E-state index >= 15 is 0 Å². The molecule has 1 aromatic heterocycles. The van der Waals surface area contributed by atoms with Crippen molar-refractivity contribution in [2.75, 3.05) is 5.32 Å². The molecule has 2 aromatic carbocycles. The first kappa shape index (κ1) is 21.6. The zero-order chi connectivity index (χ0) is 21.7. The number of aromatic nitrogens is 2. The van der Waals surface area contributed by atoms with Crippen LogP contribution in [0, 0.1) is 20.8 Å². The fraction of sp³-hybridized carbons (Fsp3) is 0.308. The van der Waals surface area contributed by atoms with Crippen molar-refractivity contribution in [3.63, 3.8) is 0 Å². The molecular weight excluding hydrogens is 370 g/mol. The first-order valence-corrected chi connectivity index (χ1v) is 10.6. The van der Waals surface area contributed by atoms with Crippen LogP contribution in [-0.4, -0.2) is 15.7 Å². The molecule has 0 bridgehead atoms. The Morgan fingerprint density at radius 2 is 1.63 bits per heavy atom. The SMILES string of the molecule is CCc1cccc(CC)c1NC(=O)/C=C/c1c(C)nn(Cc2ccc(C)cc2)c1C. The topological polar surface area (TPSA) is 46.9 Å². The van der Waals surface area contributed by atoms with E-state index in [1.54, 1.807) is 6.08 Å². The molecule has 0 saturated carbocycles. The normalized spacial score (nSPS) is 11.2. The van der Waals surface area contributed by atoms with E-state index < -0.39 is 0 Å². The Hall–Kier alpha value is -3.14. The average molecular weight is 402 g/mol. The van der Waals surface area contributed by atoms with Gasteiger partial charge in [0, 0.05) is 23.0 Å². The molecule has 0 unspecified atom stereocenters. The minimum atomic E-state index is -0.115. The van der Waals surface area contributed by atoms with Crippen LogP contribution in [-0.2, 0) is 24.2 Å². The second kappa shape index (κ2) is 9.57. The van der Waals surface area contributed by atoms with Gasteiger partial charge in [-0.25, -0.2) is 0 Å². The van der Waals surface area contributed by atoms with Gasteiger partial charge in [0.25, 0.3) is 0 Å². The lowest BCUT2D eigenvalue weighted by Gasteiger charge is -2.13. The number of para-hydroxylation sites is 1. The molecule has 0 atom stereocenters. The van der Waals surface area contributed by atoms with Gasteiger partial charge >= 0.3 is 0 Å². The molecule has 0 aliphatic heterocycles. The summed E-state index contributed by atoms with van der Waals surface area (Å²) in [5.74, 6) is -0.115. The summed E-state index contributed by atoms with van der Waals surface area (Å²) in [6.07, 6.45) is 5.26. The second-order valence-electron chi connectivity index (χ2n) is 7.71. The van der Waals surface area contributed by atoms with Crippen LogP contribution in [0.5, 0.6) is 0 Å². The predicted molar refractivity (Wildman–Crippen MR) is 125 cm³/mol. The van der Waals surface area contributed by atoms with Crippen LogP contribution in [0.1, 0.15) is 53.1 Å². The van der Waals surface area contributed by atoms with Gasteiger partial charge in [-0.1, -0.05) is 61.9 Å². The van der Waals surface area contributed by atoms with Crippen molar-refractivity contribution in [1.29, 1.82) is 0 Å². The summed E-state index contributed by atoms with van der Waals surface area (Å²) in [6.45, 7) is 11.1. The molecule has 0 spiro atoms. The second-order valence-corrected chi connectivity index (χ2v) is 7.71. The number of benzene rings is 2. The van der Waals surface area contributed by atoms with Crippen molar-refractivity contribution < 1.29 is 4.79 Å². The van der Waals surface area contributed by atoms with Crippen molar-refractivity contribution in [2.45, 2.75) is 54.0 Å². The van der Waals surface area contributed by atoms with Crippen LogP contribution in [0.2, 0.25) is 0 Å². The molecule has 3 aromatic rings. The number of rotatable bonds is 7. The minimum absolute atomic E-state index is 0.115. The van der Waals surface area contributed by atoms with E-state index in [0.717, 1.165) is 53.2 Å².